The highest BCUT2D eigenvalue weighted by Gasteiger charge is 2.44. The molecule has 0 aromatic rings. The molecule has 5 N–H and O–H groups in total. The van der Waals surface area contributed by atoms with E-state index >= 15 is 0 Å². The summed E-state index contributed by atoms with van der Waals surface area (Å²) in [4.78, 5) is 12.5. The van der Waals surface area contributed by atoms with E-state index in [-0.39, 0.29) is 0 Å². The molecule has 16 heavy (non-hydrogen) atoms. The number of hydrogen-bond donors (Lipinski definition) is 5. The van der Waals surface area contributed by atoms with Crippen molar-refractivity contribution in [2.75, 3.05) is 6.61 Å². The van der Waals surface area contributed by atoms with E-state index in [0.717, 1.165) is 0 Å². The van der Waals surface area contributed by atoms with Gasteiger partial charge in [-0.3, -0.25) is 4.57 Å². The first-order valence-electron chi connectivity index (χ1n) is 4.34. The monoisotopic (exact) mass is 260 g/mol. The van der Waals surface area contributed by atoms with E-state index in [1.165, 1.54) is 0 Å². The van der Waals surface area contributed by atoms with Crippen molar-refractivity contribution < 1.29 is 44.2 Å². The van der Waals surface area contributed by atoms with Gasteiger partial charge in [-0.1, -0.05) is 0 Å². The molecule has 6 atom stereocenters. The Morgan fingerprint density at radius 2 is 1.81 bits per heavy atom. The van der Waals surface area contributed by atoms with Crippen molar-refractivity contribution >= 4 is 8.25 Å². The maximum atomic E-state index is 10.2. The summed E-state index contributed by atoms with van der Waals surface area (Å²) in [5.41, 5.74) is 0. The molecular formula is C6H13O9P. The molecule has 1 saturated heterocycles. The van der Waals surface area contributed by atoms with Gasteiger partial charge < -0.3 is 30.1 Å². The normalized spacial score (nSPS) is 41.9. The van der Waals surface area contributed by atoms with Crippen LogP contribution < -0.4 is 0 Å². The fourth-order valence-electron chi connectivity index (χ4n) is 1.24. The summed E-state index contributed by atoms with van der Waals surface area (Å²) in [6.07, 6.45) is -7.55. The van der Waals surface area contributed by atoms with Crippen molar-refractivity contribution in [2.24, 2.45) is 0 Å². The maximum absolute atomic E-state index is 10.2. The minimum atomic E-state index is -3.38. The Balaban J connectivity index is 2.60. The number of hydrogen-bond acceptors (Lipinski definition) is 8. The smallest absolute Gasteiger partial charge is 0.344 e. The zero-order valence-corrected chi connectivity index (χ0v) is 8.96. The van der Waals surface area contributed by atoms with E-state index in [1.54, 1.807) is 0 Å². The minimum Gasteiger partial charge on any atom is -0.394 e. The lowest BCUT2D eigenvalue weighted by Crippen LogP contribution is -2.59. The summed E-state index contributed by atoms with van der Waals surface area (Å²) < 4.78 is 18.8. The highest BCUT2D eigenvalue weighted by atomic mass is 31.1. The largest absolute Gasteiger partial charge is 0.394 e. The van der Waals surface area contributed by atoms with E-state index in [1.807, 2.05) is 0 Å². The van der Waals surface area contributed by atoms with Crippen LogP contribution in [0.4, 0.5) is 0 Å². The molecule has 1 rings (SSSR count). The van der Waals surface area contributed by atoms with Gasteiger partial charge in [0.15, 0.2) is 0 Å². The van der Waals surface area contributed by atoms with Gasteiger partial charge in [0.1, 0.15) is 24.4 Å². The van der Waals surface area contributed by atoms with Crippen LogP contribution in [0, 0.1) is 0 Å². The molecule has 10 heteroatoms. The highest BCUT2D eigenvalue weighted by molar-refractivity contribution is 7.31. The fourth-order valence-corrected chi connectivity index (χ4v) is 1.41. The highest BCUT2D eigenvalue weighted by Crippen LogP contribution is 2.25. The molecular weight excluding hydrogens is 247 g/mol. The maximum Gasteiger partial charge on any atom is 0.344 e. The molecule has 0 aromatic heterocycles. The lowest BCUT2D eigenvalue weighted by molar-refractivity contribution is -0.387. The van der Waals surface area contributed by atoms with E-state index in [9.17, 15) is 19.9 Å². The zero-order chi connectivity index (χ0) is 12.3. The van der Waals surface area contributed by atoms with Gasteiger partial charge in [0.05, 0.1) is 6.61 Å². The fraction of sp³-hybridized carbons (Fsp3) is 1.00. The Morgan fingerprint density at radius 3 is 2.31 bits per heavy atom. The Kier molecular flexibility index (Phi) is 5.25. The van der Waals surface area contributed by atoms with Crippen molar-refractivity contribution in [3.8, 4) is 0 Å². The molecule has 0 bridgehead atoms. The molecule has 0 aromatic carbocycles. The number of rotatable bonds is 4. The summed E-state index contributed by atoms with van der Waals surface area (Å²) >= 11 is 0. The minimum absolute atomic E-state index is 0.626. The van der Waals surface area contributed by atoms with Crippen molar-refractivity contribution in [2.45, 2.75) is 30.7 Å². The topological polar surface area (TPSA) is 146 Å². The average Bonchev–Trinajstić information content (AvgIpc) is 2.25. The van der Waals surface area contributed by atoms with E-state index < -0.39 is 45.6 Å². The summed E-state index contributed by atoms with van der Waals surface area (Å²) in [5, 5.41) is 36.8. The van der Waals surface area contributed by atoms with Crippen LogP contribution in [0.2, 0.25) is 0 Å². The molecule has 1 heterocycles. The van der Waals surface area contributed by atoms with Crippen LogP contribution >= 0.6 is 8.25 Å². The van der Waals surface area contributed by atoms with Gasteiger partial charge >= 0.3 is 8.25 Å². The molecule has 1 unspecified atom stereocenters. The molecule has 96 valence electrons. The van der Waals surface area contributed by atoms with E-state index in [2.05, 4.69) is 9.56 Å². The van der Waals surface area contributed by atoms with Crippen molar-refractivity contribution in [1.29, 1.82) is 0 Å². The molecule has 9 nitrogen and oxygen atoms in total. The Bertz CT molecular complexity index is 246. The van der Waals surface area contributed by atoms with Gasteiger partial charge in [-0.25, -0.2) is 0 Å². The Hall–Kier alpha value is -0.0900. The van der Waals surface area contributed by atoms with Crippen LogP contribution in [-0.4, -0.2) is 62.6 Å². The summed E-state index contributed by atoms with van der Waals surface area (Å²) in [7, 11) is -3.38. The van der Waals surface area contributed by atoms with Gasteiger partial charge in [0, 0.05) is 0 Å². The average molecular weight is 260 g/mol. The van der Waals surface area contributed by atoms with Crippen LogP contribution in [0.25, 0.3) is 0 Å². The number of aliphatic hydroxyl groups is 4. The van der Waals surface area contributed by atoms with Crippen molar-refractivity contribution in [3.63, 3.8) is 0 Å². The standard InChI is InChI=1S/C6H13O9P/c7-1-2-3(8)4(9)5(10)6(13-2)14-15-16(11)12/h2-10,16H,1H2,(H,11,12)/t2-,3-,4+,5+,6+/m0/s1. The lowest BCUT2D eigenvalue weighted by Gasteiger charge is -2.38. The molecule has 0 saturated carbocycles. The first-order chi connectivity index (χ1) is 7.47. The third-order valence-corrected chi connectivity index (χ3v) is 2.30. The van der Waals surface area contributed by atoms with Crippen molar-refractivity contribution in [3.05, 3.63) is 0 Å². The molecule has 1 aliphatic heterocycles. The Labute approximate surface area is 90.7 Å². The third kappa shape index (κ3) is 3.20. The first kappa shape index (κ1) is 14.0. The van der Waals surface area contributed by atoms with E-state index in [0.29, 0.717) is 0 Å². The van der Waals surface area contributed by atoms with Gasteiger partial charge in [0.2, 0.25) is 6.29 Å². The molecule has 0 amide bonds. The zero-order valence-electron chi connectivity index (χ0n) is 7.96. The quantitative estimate of drug-likeness (QED) is 0.204. The molecule has 0 aliphatic carbocycles. The van der Waals surface area contributed by atoms with Crippen molar-refractivity contribution in [1.82, 2.24) is 0 Å². The second-order valence-electron chi connectivity index (χ2n) is 3.14. The van der Waals surface area contributed by atoms with Gasteiger partial charge in [-0.2, -0.15) is 4.89 Å². The van der Waals surface area contributed by atoms with Crippen LogP contribution in [-0.2, 0) is 18.9 Å². The van der Waals surface area contributed by atoms with E-state index in [4.69, 9.17) is 14.7 Å². The van der Waals surface area contributed by atoms with Crippen LogP contribution in [0.3, 0.4) is 0 Å². The number of aliphatic hydroxyl groups excluding tert-OH is 4. The summed E-state index contributed by atoms with van der Waals surface area (Å²) in [6.45, 7) is -0.626. The van der Waals surface area contributed by atoms with Gasteiger partial charge in [0.25, 0.3) is 0 Å². The third-order valence-electron chi connectivity index (χ3n) is 2.06. The first-order valence-corrected chi connectivity index (χ1v) is 5.60. The summed E-state index contributed by atoms with van der Waals surface area (Å²) in [5.74, 6) is 0. The van der Waals surface area contributed by atoms with Crippen LogP contribution in [0.15, 0.2) is 0 Å². The second kappa shape index (κ2) is 6.01. The van der Waals surface area contributed by atoms with Crippen LogP contribution in [0.1, 0.15) is 0 Å². The van der Waals surface area contributed by atoms with Gasteiger partial charge in [-0.15, -0.1) is 4.67 Å². The number of ether oxygens (including phenoxy) is 1. The van der Waals surface area contributed by atoms with Gasteiger partial charge in [-0.05, 0) is 0 Å². The lowest BCUT2D eigenvalue weighted by atomic mass is 9.99. The molecule has 0 spiro atoms. The molecule has 0 radical (unpaired) electrons. The predicted octanol–water partition coefficient (Wildman–Crippen LogP) is -2.88. The van der Waals surface area contributed by atoms with Crippen LogP contribution in [0.5, 0.6) is 0 Å². The molecule has 1 aliphatic rings. The second-order valence-corrected chi connectivity index (χ2v) is 3.84. The molecule has 1 fully saturated rings. The predicted molar refractivity (Wildman–Crippen MR) is 47.2 cm³/mol. The summed E-state index contributed by atoms with van der Waals surface area (Å²) in [6, 6.07) is 0. The SMILES string of the molecule is O=[PH](O)OO[C@H]1O[C@@H](CO)[C@H](O)[C@@H](O)[C@H]1O. The Morgan fingerprint density at radius 1 is 1.19 bits per heavy atom.